The van der Waals surface area contributed by atoms with E-state index >= 15 is 0 Å². The van der Waals surface area contributed by atoms with Crippen molar-refractivity contribution in [3.8, 4) is 0 Å². The van der Waals surface area contributed by atoms with Gasteiger partial charge in [0.2, 0.25) is 5.91 Å². The van der Waals surface area contributed by atoms with E-state index in [0.717, 1.165) is 30.7 Å². The summed E-state index contributed by atoms with van der Waals surface area (Å²) in [7, 11) is 0. The molecule has 1 spiro atoms. The summed E-state index contributed by atoms with van der Waals surface area (Å²) in [5.74, 6) is 1.27. The number of fused-ring (bicyclic) bond motifs is 2. The van der Waals surface area contributed by atoms with E-state index in [2.05, 4.69) is 10.3 Å². The number of likely N-dealkylation sites (tertiary alicyclic amines) is 1. The van der Waals surface area contributed by atoms with Gasteiger partial charge >= 0.3 is 0 Å². The number of hydrogen-bond donors (Lipinski definition) is 1. The molecule has 1 N–H and O–H groups in total. The molecular formula is C23H28N4O3. The number of amides is 2. The molecule has 2 amide bonds. The Hall–Kier alpha value is -2.67. The minimum Gasteiger partial charge on any atom is -0.352 e. The van der Waals surface area contributed by atoms with E-state index in [0.29, 0.717) is 39.0 Å². The topological polar surface area (TPSA) is 76.5 Å². The Balaban J connectivity index is 1.27. The number of piperidine rings is 1. The van der Waals surface area contributed by atoms with Gasteiger partial charge in [0.1, 0.15) is 11.4 Å². The molecule has 3 heterocycles. The molecule has 1 aromatic heterocycles. The minimum absolute atomic E-state index is 0.106. The summed E-state index contributed by atoms with van der Waals surface area (Å²) >= 11 is 0. The van der Waals surface area contributed by atoms with Gasteiger partial charge in [0.25, 0.3) is 5.91 Å². The number of carbonyl (C=O) groups is 2. The zero-order valence-electron chi connectivity index (χ0n) is 17.1. The molecule has 1 aliphatic carbocycles. The molecule has 1 atom stereocenters. The van der Waals surface area contributed by atoms with Crippen LogP contribution in [0.2, 0.25) is 0 Å². The molecule has 30 heavy (non-hydrogen) atoms. The molecule has 1 saturated heterocycles. The molecule has 7 nitrogen and oxygen atoms in total. The van der Waals surface area contributed by atoms with Gasteiger partial charge in [0.05, 0.1) is 6.54 Å². The first kappa shape index (κ1) is 19.3. The van der Waals surface area contributed by atoms with Crippen molar-refractivity contribution in [2.24, 2.45) is 5.92 Å². The summed E-state index contributed by atoms with van der Waals surface area (Å²) in [5, 5.41) is 3.01. The number of benzene rings is 1. The fraction of sp³-hybridized carbons (Fsp3) is 0.522. The number of ether oxygens (including phenoxy) is 1. The van der Waals surface area contributed by atoms with Crippen LogP contribution in [0.25, 0.3) is 0 Å². The van der Waals surface area contributed by atoms with Gasteiger partial charge in [-0.25, -0.2) is 4.98 Å². The predicted molar refractivity (Wildman–Crippen MR) is 110 cm³/mol. The Kier molecular flexibility index (Phi) is 5.06. The van der Waals surface area contributed by atoms with Crippen LogP contribution in [0.5, 0.6) is 0 Å². The standard InChI is InChI=1S/C23H28N4O3/c28-20(25-15-17-5-2-1-3-6-17)19-16-27-14-11-24-22(27)23(30-19)9-12-26(13-10-23)21(29)18-7-4-8-18/h1-3,5-6,11,14,18-19H,4,7-10,12-13,15-16H2,(H,25,28)/t19-/m1/s1. The molecule has 158 valence electrons. The van der Waals surface area contributed by atoms with Gasteiger partial charge in [-0.1, -0.05) is 36.8 Å². The second-order valence-corrected chi connectivity index (χ2v) is 8.66. The zero-order valence-corrected chi connectivity index (χ0v) is 17.1. The lowest BCUT2D eigenvalue weighted by Crippen LogP contribution is -2.55. The molecule has 5 rings (SSSR count). The smallest absolute Gasteiger partial charge is 0.251 e. The molecule has 2 fully saturated rings. The average Bonchev–Trinajstić information content (AvgIpc) is 3.22. The highest BCUT2D eigenvalue weighted by Crippen LogP contribution is 2.41. The monoisotopic (exact) mass is 408 g/mol. The number of rotatable bonds is 4. The Morgan fingerprint density at radius 2 is 1.93 bits per heavy atom. The van der Waals surface area contributed by atoms with Crippen molar-refractivity contribution in [3.05, 3.63) is 54.1 Å². The fourth-order valence-electron chi connectivity index (χ4n) is 4.78. The molecule has 0 bridgehead atoms. The largest absolute Gasteiger partial charge is 0.352 e. The maximum atomic E-state index is 12.9. The van der Waals surface area contributed by atoms with Crippen molar-refractivity contribution in [3.63, 3.8) is 0 Å². The second-order valence-electron chi connectivity index (χ2n) is 8.66. The molecule has 0 radical (unpaired) electrons. The van der Waals surface area contributed by atoms with Crippen LogP contribution < -0.4 is 5.32 Å². The lowest BCUT2D eigenvalue weighted by molar-refractivity contribution is -0.177. The van der Waals surface area contributed by atoms with E-state index < -0.39 is 11.7 Å². The molecule has 2 aliphatic heterocycles. The van der Waals surface area contributed by atoms with Crippen LogP contribution in [0.4, 0.5) is 0 Å². The van der Waals surface area contributed by atoms with Crippen LogP contribution in [0.3, 0.4) is 0 Å². The fourth-order valence-corrected chi connectivity index (χ4v) is 4.78. The first-order chi connectivity index (χ1) is 14.6. The minimum atomic E-state index is -0.604. The summed E-state index contributed by atoms with van der Waals surface area (Å²) in [5.41, 5.74) is 0.454. The van der Waals surface area contributed by atoms with Crippen molar-refractivity contribution < 1.29 is 14.3 Å². The van der Waals surface area contributed by atoms with Crippen LogP contribution in [0.15, 0.2) is 42.7 Å². The van der Waals surface area contributed by atoms with E-state index in [-0.39, 0.29) is 17.7 Å². The summed E-state index contributed by atoms with van der Waals surface area (Å²) in [4.78, 5) is 32.1. The molecule has 3 aliphatic rings. The quantitative estimate of drug-likeness (QED) is 0.842. The van der Waals surface area contributed by atoms with E-state index in [4.69, 9.17) is 4.74 Å². The molecule has 0 unspecified atom stereocenters. The normalized spacial score (nSPS) is 22.9. The molecular weight excluding hydrogens is 380 g/mol. The van der Waals surface area contributed by atoms with Crippen LogP contribution in [0.1, 0.15) is 43.5 Å². The highest BCUT2D eigenvalue weighted by atomic mass is 16.5. The molecule has 1 aromatic carbocycles. The maximum Gasteiger partial charge on any atom is 0.251 e. The number of hydrogen-bond acceptors (Lipinski definition) is 4. The second kappa shape index (κ2) is 7.87. The summed E-state index contributed by atoms with van der Waals surface area (Å²) in [6, 6.07) is 9.87. The predicted octanol–water partition coefficient (Wildman–Crippen LogP) is 2.22. The van der Waals surface area contributed by atoms with Crippen molar-refractivity contribution in [2.75, 3.05) is 13.1 Å². The highest BCUT2D eigenvalue weighted by Gasteiger charge is 2.48. The Morgan fingerprint density at radius 1 is 1.17 bits per heavy atom. The van der Waals surface area contributed by atoms with Gasteiger partial charge in [0, 0.05) is 50.8 Å². The number of nitrogens with one attached hydrogen (secondary N) is 1. The van der Waals surface area contributed by atoms with Gasteiger partial charge in [-0.2, -0.15) is 0 Å². The lowest BCUT2D eigenvalue weighted by Gasteiger charge is -2.46. The first-order valence-electron chi connectivity index (χ1n) is 10.9. The molecule has 1 saturated carbocycles. The SMILES string of the molecule is O=C(NCc1ccccc1)[C@H]1Cn2ccnc2C2(CCN(C(=O)C3CCC3)CC2)O1. The zero-order chi connectivity index (χ0) is 20.6. The molecule has 2 aromatic rings. The first-order valence-corrected chi connectivity index (χ1v) is 10.9. The Morgan fingerprint density at radius 3 is 2.63 bits per heavy atom. The van der Waals surface area contributed by atoms with Crippen molar-refractivity contribution in [2.45, 2.75) is 56.9 Å². The number of aromatic nitrogens is 2. The van der Waals surface area contributed by atoms with E-state index in [1.54, 1.807) is 6.20 Å². The average molecular weight is 409 g/mol. The van der Waals surface area contributed by atoms with E-state index in [1.807, 2.05) is 46.0 Å². The van der Waals surface area contributed by atoms with Crippen LogP contribution in [0, 0.1) is 5.92 Å². The van der Waals surface area contributed by atoms with Gasteiger partial charge in [0.15, 0.2) is 6.10 Å². The van der Waals surface area contributed by atoms with Crippen LogP contribution in [-0.2, 0) is 33.0 Å². The summed E-state index contributed by atoms with van der Waals surface area (Å²) in [6.07, 6.45) is 7.67. The van der Waals surface area contributed by atoms with E-state index in [9.17, 15) is 9.59 Å². The Bertz CT molecular complexity index is 914. The van der Waals surface area contributed by atoms with E-state index in [1.165, 1.54) is 0 Å². The third kappa shape index (κ3) is 3.51. The lowest BCUT2D eigenvalue weighted by atomic mass is 9.82. The van der Waals surface area contributed by atoms with Crippen molar-refractivity contribution in [1.82, 2.24) is 19.8 Å². The third-order valence-corrected chi connectivity index (χ3v) is 6.79. The molecule has 7 heteroatoms. The van der Waals surface area contributed by atoms with Gasteiger partial charge < -0.3 is 19.5 Å². The van der Waals surface area contributed by atoms with Crippen LogP contribution >= 0.6 is 0 Å². The van der Waals surface area contributed by atoms with Crippen LogP contribution in [-0.4, -0.2) is 45.5 Å². The summed E-state index contributed by atoms with van der Waals surface area (Å²) in [6.45, 7) is 2.25. The van der Waals surface area contributed by atoms with Gasteiger partial charge in [-0.3, -0.25) is 9.59 Å². The Labute approximate surface area is 176 Å². The van der Waals surface area contributed by atoms with Gasteiger partial charge in [-0.05, 0) is 18.4 Å². The van der Waals surface area contributed by atoms with Crippen molar-refractivity contribution in [1.29, 1.82) is 0 Å². The summed E-state index contributed by atoms with van der Waals surface area (Å²) < 4.78 is 8.49. The maximum absolute atomic E-state index is 12.9. The third-order valence-electron chi connectivity index (χ3n) is 6.79. The number of carbonyl (C=O) groups excluding carboxylic acids is 2. The van der Waals surface area contributed by atoms with Gasteiger partial charge in [-0.15, -0.1) is 0 Å². The number of imidazole rings is 1. The van der Waals surface area contributed by atoms with Crippen molar-refractivity contribution >= 4 is 11.8 Å². The number of nitrogens with zero attached hydrogens (tertiary/aromatic N) is 3. The highest BCUT2D eigenvalue weighted by molar-refractivity contribution is 5.81.